The van der Waals surface area contributed by atoms with E-state index in [1.54, 1.807) is 12.1 Å². The van der Waals surface area contributed by atoms with Crippen LogP contribution in [0.25, 0.3) is 0 Å². The van der Waals surface area contributed by atoms with E-state index >= 15 is 0 Å². The number of nitrogens with one attached hydrogen (secondary N) is 1. The van der Waals surface area contributed by atoms with Crippen molar-refractivity contribution in [3.63, 3.8) is 0 Å². The Kier molecular flexibility index (Phi) is 8.49. The highest BCUT2D eigenvalue weighted by molar-refractivity contribution is 6.31. The van der Waals surface area contributed by atoms with Crippen LogP contribution in [0.15, 0.2) is 48.5 Å². The zero-order valence-corrected chi connectivity index (χ0v) is 16.4. The van der Waals surface area contributed by atoms with Crippen molar-refractivity contribution in [2.45, 2.75) is 46.1 Å². The lowest BCUT2D eigenvalue weighted by atomic mass is 9.99. The average Bonchev–Trinajstić information content (AvgIpc) is 2.67. The van der Waals surface area contributed by atoms with Gasteiger partial charge in [0.05, 0.1) is 0 Å². The number of carbonyl (C=O) groups excluding carboxylic acids is 1. The summed E-state index contributed by atoms with van der Waals surface area (Å²) in [5, 5.41) is 3.74. The molecule has 0 aliphatic heterocycles. The standard InChI is InChI=1S/C22H28ClNO2/c1-3-5-8-17(4-2)15-24-22(25)18-11-13-20(14-12-18)26-16-19-9-6-7-10-21(19)23/h6-7,9-14,17H,3-5,8,15-16H2,1-2H3,(H,24,25)/t17-/m1/s1. The number of amides is 1. The summed E-state index contributed by atoms with van der Waals surface area (Å²) in [5.74, 6) is 1.24. The van der Waals surface area contributed by atoms with E-state index in [2.05, 4.69) is 19.2 Å². The molecular weight excluding hydrogens is 346 g/mol. The zero-order valence-electron chi connectivity index (χ0n) is 15.6. The van der Waals surface area contributed by atoms with E-state index in [4.69, 9.17) is 16.3 Å². The number of halogens is 1. The first kappa shape index (κ1) is 20.3. The van der Waals surface area contributed by atoms with Gasteiger partial charge < -0.3 is 10.1 Å². The molecule has 1 amide bonds. The minimum absolute atomic E-state index is 0.0300. The van der Waals surface area contributed by atoms with Gasteiger partial charge in [-0.3, -0.25) is 4.79 Å². The molecule has 2 aromatic rings. The van der Waals surface area contributed by atoms with Gasteiger partial charge in [-0.1, -0.05) is 62.9 Å². The first-order chi connectivity index (χ1) is 12.6. The van der Waals surface area contributed by atoms with Gasteiger partial charge in [0.1, 0.15) is 12.4 Å². The maximum absolute atomic E-state index is 12.3. The number of rotatable bonds is 10. The fourth-order valence-electron chi connectivity index (χ4n) is 2.76. The third-order valence-corrected chi connectivity index (χ3v) is 4.93. The van der Waals surface area contributed by atoms with Crippen molar-refractivity contribution in [2.24, 2.45) is 5.92 Å². The number of ether oxygens (including phenoxy) is 1. The number of benzene rings is 2. The molecule has 140 valence electrons. The Bertz CT molecular complexity index is 685. The maximum Gasteiger partial charge on any atom is 0.251 e. The van der Waals surface area contributed by atoms with Crippen LogP contribution in [0.3, 0.4) is 0 Å². The Hall–Kier alpha value is -2.00. The van der Waals surface area contributed by atoms with Crippen molar-refractivity contribution in [3.8, 4) is 5.75 Å². The number of carbonyl (C=O) groups is 1. The van der Waals surface area contributed by atoms with E-state index in [0.29, 0.717) is 23.1 Å². The maximum atomic E-state index is 12.3. The smallest absolute Gasteiger partial charge is 0.251 e. The van der Waals surface area contributed by atoms with Crippen LogP contribution >= 0.6 is 11.6 Å². The minimum Gasteiger partial charge on any atom is -0.489 e. The van der Waals surface area contributed by atoms with Crippen molar-refractivity contribution in [1.29, 1.82) is 0 Å². The van der Waals surface area contributed by atoms with Crippen LogP contribution in [0.2, 0.25) is 5.02 Å². The van der Waals surface area contributed by atoms with E-state index in [0.717, 1.165) is 24.3 Å². The van der Waals surface area contributed by atoms with Crippen LogP contribution in [0.1, 0.15) is 55.5 Å². The minimum atomic E-state index is -0.0300. The van der Waals surface area contributed by atoms with Crippen LogP contribution in [-0.4, -0.2) is 12.5 Å². The lowest BCUT2D eigenvalue weighted by Crippen LogP contribution is -2.29. The summed E-state index contributed by atoms with van der Waals surface area (Å²) in [6.45, 7) is 5.51. The van der Waals surface area contributed by atoms with Gasteiger partial charge in [-0.25, -0.2) is 0 Å². The second-order valence-electron chi connectivity index (χ2n) is 6.53. The van der Waals surface area contributed by atoms with Crippen molar-refractivity contribution in [3.05, 3.63) is 64.7 Å². The van der Waals surface area contributed by atoms with E-state index < -0.39 is 0 Å². The molecule has 0 aromatic heterocycles. The molecule has 0 fully saturated rings. The molecule has 0 radical (unpaired) electrons. The monoisotopic (exact) mass is 373 g/mol. The highest BCUT2D eigenvalue weighted by atomic mass is 35.5. The molecule has 1 atom stereocenters. The Morgan fingerprint density at radius 3 is 2.50 bits per heavy atom. The molecule has 0 unspecified atom stereocenters. The highest BCUT2D eigenvalue weighted by Crippen LogP contribution is 2.19. The Balaban J connectivity index is 1.84. The van der Waals surface area contributed by atoms with Crippen LogP contribution in [0.4, 0.5) is 0 Å². The van der Waals surface area contributed by atoms with E-state index in [1.807, 2.05) is 36.4 Å². The van der Waals surface area contributed by atoms with Crippen LogP contribution < -0.4 is 10.1 Å². The summed E-state index contributed by atoms with van der Waals surface area (Å²) in [6, 6.07) is 14.8. The summed E-state index contributed by atoms with van der Waals surface area (Å²) < 4.78 is 5.75. The van der Waals surface area contributed by atoms with Gasteiger partial charge >= 0.3 is 0 Å². The van der Waals surface area contributed by atoms with E-state index in [9.17, 15) is 4.79 Å². The molecular formula is C22H28ClNO2. The Morgan fingerprint density at radius 2 is 1.85 bits per heavy atom. The SMILES string of the molecule is CCCC[C@@H](CC)CNC(=O)c1ccc(OCc2ccccc2Cl)cc1. The Labute approximate surface area is 161 Å². The van der Waals surface area contributed by atoms with Crippen LogP contribution in [0, 0.1) is 5.92 Å². The van der Waals surface area contributed by atoms with Crippen molar-refractivity contribution >= 4 is 17.5 Å². The Morgan fingerprint density at radius 1 is 1.12 bits per heavy atom. The first-order valence-corrected chi connectivity index (χ1v) is 9.76. The van der Waals surface area contributed by atoms with Crippen molar-refractivity contribution < 1.29 is 9.53 Å². The summed E-state index contributed by atoms with van der Waals surface area (Å²) in [4.78, 5) is 12.3. The van der Waals surface area contributed by atoms with Gasteiger partial charge in [0.15, 0.2) is 0 Å². The topological polar surface area (TPSA) is 38.3 Å². The number of unbranched alkanes of at least 4 members (excludes halogenated alkanes) is 1. The fourth-order valence-corrected chi connectivity index (χ4v) is 2.95. The molecule has 2 rings (SSSR count). The second kappa shape index (κ2) is 10.9. The molecule has 0 aliphatic rings. The van der Waals surface area contributed by atoms with Gasteiger partial charge in [-0.2, -0.15) is 0 Å². The second-order valence-corrected chi connectivity index (χ2v) is 6.94. The van der Waals surface area contributed by atoms with Gasteiger partial charge in [-0.05, 0) is 42.7 Å². The quantitative estimate of drug-likeness (QED) is 0.566. The molecule has 0 bridgehead atoms. The van der Waals surface area contributed by atoms with Gasteiger partial charge in [0.25, 0.3) is 5.91 Å². The molecule has 0 saturated heterocycles. The average molecular weight is 374 g/mol. The summed E-state index contributed by atoms with van der Waals surface area (Å²) in [6.07, 6.45) is 4.67. The lowest BCUT2D eigenvalue weighted by molar-refractivity contribution is 0.0946. The van der Waals surface area contributed by atoms with Crippen LogP contribution in [0.5, 0.6) is 5.75 Å². The molecule has 0 spiro atoms. The van der Waals surface area contributed by atoms with Crippen molar-refractivity contribution in [2.75, 3.05) is 6.54 Å². The van der Waals surface area contributed by atoms with E-state index in [1.165, 1.54) is 19.3 Å². The predicted molar refractivity (Wildman–Crippen MR) is 108 cm³/mol. The summed E-state index contributed by atoms with van der Waals surface area (Å²) >= 11 is 6.13. The first-order valence-electron chi connectivity index (χ1n) is 9.38. The molecule has 0 saturated carbocycles. The third kappa shape index (κ3) is 6.38. The molecule has 3 nitrogen and oxygen atoms in total. The largest absolute Gasteiger partial charge is 0.489 e. The van der Waals surface area contributed by atoms with Crippen LogP contribution in [-0.2, 0) is 6.61 Å². The van der Waals surface area contributed by atoms with Gasteiger partial charge in [-0.15, -0.1) is 0 Å². The van der Waals surface area contributed by atoms with Gasteiger partial charge in [0.2, 0.25) is 0 Å². The molecule has 1 N–H and O–H groups in total. The molecule has 2 aromatic carbocycles. The normalized spacial score (nSPS) is 11.8. The van der Waals surface area contributed by atoms with Crippen molar-refractivity contribution in [1.82, 2.24) is 5.32 Å². The predicted octanol–water partition coefficient (Wildman–Crippen LogP) is 5.87. The zero-order chi connectivity index (χ0) is 18.8. The molecule has 0 aliphatic carbocycles. The van der Waals surface area contributed by atoms with Gasteiger partial charge in [0, 0.05) is 22.7 Å². The lowest BCUT2D eigenvalue weighted by Gasteiger charge is -2.15. The van der Waals surface area contributed by atoms with E-state index in [-0.39, 0.29) is 5.91 Å². The summed E-state index contributed by atoms with van der Waals surface area (Å²) in [7, 11) is 0. The molecule has 26 heavy (non-hydrogen) atoms. The molecule has 0 heterocycles. The summed E-state index contributed by atoms with van der Waals surface area (Å²) in [5.41, 5.74) is 1.59. The number of hydrogen-bond donors (Lipinski definition) is 1. The highest BCUT2D eigenvalue weighted by Gasteiger charge is 2.10. The third-order valence-electron chi connectivity index (χ3n) is 4.56. The molecule has 4 heteroatoms. The number of hydrogen-bond acceptors (Lipinski definition) is 2. The fraction of sp³-hybridized carbons (Fsp3) is 0.409.